The SMILES string of the molecule is C[C]1C=CC(C)=C1.[CH3][Pt]([CH3])[CH3]. The van der Waals surface area contributed by atoms with Crippen molar-refractivity contribution in [3.8, 4) is 0 Å². The van der Waals surface area contributed by atoms with Crippen LogP contribution in [0, 0.1) is 5.92 Å². The summed E-state index contributed by atoms with van der Waals surface area (Å²) in [5.41, 5.74) is 1.36. The van der Waals surface area contributed by atoms with Crippen LogP contribution in [0.25, 0.3) is 0 Å². The van der Waals surface area contributed by atoms with Gasteiger partial charge in [0.2, 0.25) is 0 Å². The Morgan fingerprint density at radius 3 is 1.55 bits per heavy atom. The summed E-state index contributed by atoms with van der Waals surface area (Å²) < 4.78 is 0. The molecule has 0 saturated heterocycles. The quantitative estimate of drug-likeness (QED) is 0.632. The van der Waals surface area contributed by atoms with Crippen molar-refractivity contribution in [2.75, 3.05) is 0 Å². The normalized spacial score (nSPS) is 17.2. The van der Waals surface area contributed by atoms with E-state index in [9.17, 15) is 0 Å². The minimum atomic E-state index is -0.269. The van der Waals surface area contributed by atoms with E-state index in [2.05, 4.69) is 48.0 Å². The van der Waals surface area contributed by atoms with Gasteiger partial charge in [-0.3, -0.25) is 0 Å². The predicted molar refractivity (Wildman–Crippen MR) is 49.4 cm³/mol. The second-order valence-corrected chi connectivity index (χ2v) is 9.73. The first kappa shape index (κ1) is 11.2. The Morgan fingerprint density at radius 2 is 1.45 bits per heavy atom. The molecule has 0 amide bonds. The molecule has 11 heavy (non-hydrogen) atoms. The molecule has 0 aromatic carbocycles. The molecule has 0 N–H and O–H groups in total. The van der Waals surface area contributed by atoms with Gasteiger partial charge in [0.1, 0.15) is 0 Å². The molecule has 1 rings (SSSR count). The van der Waals surface area contributed by atoms with Crippen molar-refractivity contribution >= 4 is 0 Å². The summed E-state index contributed by atoms with van der Waals surface area (Å²) >= 11 is -0.269. The molecule has 1 heteroatoms. The van der Waals surface area contributed by atoms with Crippen molar-refractivity contribution in [3.63, 3.8) is 0 Å². The Labute approximate surface area is 76.9 Å². The average molecular weight is 333 g/mol. The maximum atomic E-state index is 2.32. The van der Waals surface area contributed by atoms with Crippen molar-refractivity contribution in [3.05, 3.63) is 29.7 Å². The van der Waals surface area contributed by atoms with E-state index >= 15 is 0 Å². The van der Waals surface area contributed by atoms with Gasteiger partial charge in [-0.25, -0.2) is 0 Å². The molecule has 0 spiro atoms. The third-order valence-corrected chi connectivity index (χ3v) is 1.06. The number of allylic oxidation sites excluding steroid dienone is 4. The van der Waals surface area contributed by atoms with Gasteiger partial charge in [0, 0.05) is 5.92 Å². The van der Waals surface area contributed by atoms with Crippen LogP contribution >= 0.6 is 0 Å². The zero-order valence-corrected chi connectivity index (χ0v) is 10.3. The zero-order chi connectivity index (χ0) is 8.85. The second kappa shape index (κ2) is 5.77. The number of hydrogen-bond acceptors (Lipinski definition) is 0. The van der Waals surface area contributed by atoms with E-state index in [4.69, 9.17) is 0 Å². The van der Waals surface area contributed by atoms with Crippen molar-refractivity contribution in [1.82, 2.24) is 0 Å². The van der Waals surface area contributed by atoms with E-state index in [0.29, 0.717) is 0 Å². The summed E-state index contributed by atoms with van der Waals surface area (Å²) in [6, 6.07) is 0. The first-order valence-electron chi connectivity index (χ1n) is 3.44. The standard InChI is InChI=1S/C7H9.3CH3.Pt/c1-6-3-4-7(2)5-6;;;;/h3-5H,1-2H3;3*1H3;. The molecule has 0 heterocycles. The Hall–Kier alpha value is 0.168. The first-order valence-corrected chi connectivity index (χ1v) is 10.3. The molecular formula is C10H18Pt. The van der Waals surface area contributed by atoms with Crippen molar-refractivity contribution in [2.45, 2.75) is 29.8 Å². The van der Waals surface area contributed by atoms with Gasteiger partial charge >= 0.3 is 33.3 Å². The molecule has 0 saturated carbocycles. The molecule has 0 bridgehead atoms. The Balaban J connectivity index is 0.000000218. The molecule has 0 fully saturated rings. The third kappa shape index (κ3) is 8.07. The van der Waals surface area contributed by atoms with Crippen LogP contribution in [-0.2, 0) is 17.3 Å². The number of rotatable bonds is 0. The van der Waals surface area contributed by atoms with Crippen LogP contribution in [-0.4, -0.2) is 0 Å². The van der Waals surface area contributed by atoms with Crippen LogP contribution in [0.4, 0.5) is 0 Å². The molecule has 0 nitrogen and oxygen atoms in total. The molecule has 0 atom stereocenters. The van der Waals surface area contributed by atoms with E-state index in [1.807, 2.05) is 0 Å². The molecule has 68 valence electrons. The fourth-order valence-corrected chi connectivity index (χ4v) is 0.718. The Morgan fingerprint density at radius 1 is 1.00 bits per heavy atom. The Bertz CT molecular complexity index is 152. The fourth-order valence-electron chi connectivity index (χ4n) is 0.718. The summed E-state index contributed by atoms with van der Waals surface area (Å²) in [7, 11) is 0. The second-order valence-electron chi connectivity index (χ2n) is 2.91. The van der Waals surface area contributed by atoms with Gasteiger partial charge in [0.05, 0.1) is 0 Å². The van der Waals surface area contributed by atoms with Gasteiger partial charge in [0.15, 0.2) is 0 Å². The fraction of sp³-hybridized carbons (Fsp3) is 0.500. The summed E-state index contributed by atoms with van der Waals surface area (Å²) in [5.74, 6) is 1.36. The third-order valence-electron chi connectivity index (χ3n) is 1.06. The summed E-state index contributed by atoms with van der Waals surface area (Å²) in [6.45, 7) is 4.21. The van der Waals surface area contributed by atoms with Gasteiger partial charge < -0.3 is 0 Å². The van der Waals surface area contributed by atoms with E-state index in [0.717, 1.165) is 0 Å². The zero-order valence-electron chi connectivity index (χ0n) is 8.05. The van der Waals surface area contributed by atoms with Crippen molar-refractivity contribution < 1.29 is 17.3 Å². The monoisotopic (exact) mass is 333 g/mol. The van der Waals surface area contributed by atoms with Gasteiger partial charge in [-0.15, -0.1) is 0 Å². The molecular weight excluding hydrogens is 315 g/mol. The van der Waals surface area contributed by atoms with Crippen molar-refractivity contribution in [2.24, 2.45) is 0 Å². The molecule has 0 aliphatic heterocycles. The van der Waals surface area contributed by atoms with Crippen LogP contribution in [0.15, 0.2) is 23.8 Å². The average Bonchev–Trinajstić information content (AvgIpc) is 2.13. The van der Waals surface area contributed by atoms with E-state index in [1.54, 1.807) is 0 Å². The maximum absolute atomic E-state index is 2.32. The van der Waals surface area contributed by atoms with Crippen molar-refractivity contribution in [1.29, 1.82) is 0 Å². The van der Waals surface area contributed by atoms with Crippen LogP contribution in [0.3, 0.4) is 0 Å². The van der Waals surface area contributed by atoms with E-state index < -0.39 is 0 Å². The predicted octanol–water partition coefficient (Wildman–Crippen LogP) is 3.85. The van der Waals surface area contributed by atoms with Gasteiger partial charge in [-0.1, -0.05) is 30.7 Å². The summed E-state index contributed by atoms with van der Waals surface area (Å²) in [6.07, 6.45) is 6.41. The molecule has 0 aromatic rings. The minimum absolute atomic E-state index is 0.269. The van der Waals surface area contributed by atoms with Crippen LogP contribution in [0.5, 0.6) is 0 Å². The molecule has 0 unspecified atom stereocenters. The van der Waals surface area contributed by atoms with Crippen LogP contribution in [0.1, 0.15) is 13.8 Å². The Kier molecular flexibility index (Phi) is 5.86. The van der Waals surface area contributed by atoms with Gasteiger partial charge in [0.25, 0.3) is 0 Å². The topological polar surface area (TPSA) is 0 Å². The van der Waals surface area contributed by atoms with E-state index in [1.165, 1.54) is 11.5 Å². The summed E-state index contributed by atoms with van der Waals surface area (Å²) in [4.78, 5) is 0. The van der Waals surface area contributed by atoms with E-state index in [-0.39, 0.29) is 17.3 Å². The van der Waals surface area contributed by atoms with Crippen LogP contribution < -0.4 is 0 Å². The van der Waals surface area contributed by atoms with Crippen LogP contribution in [0.2, 0.25) is 15.9 Å². The number of hydrogen-bond donors (Lipinski definition) is 0. The van der Waals surface area contributed by atoms with Gasteiger partial charge in [-0.05, 0) is 6.92 Å². The van der Waals surface area contributed by atoms with Gasteiger partial charge in [-0.2, -0.15) is 0 Å². The molecule has 1 radical (unpaired) electrons. The molecule has 1 aliphatic rings. The molecule has 0 aromatic heterocycles. The molecule has 1 aliphatic carbocycles. The first-order chi connectivity index (χ1) is 5.02. The summed E-state index contributed by atoms with van der Waals surface area (Å²) in [5, 5.41) is 6.97.